The van der Waals surface area contributed by atoms with Gasteiger partial charge in [0.25, 0.3) is 0 Å². The molecule has 0 fully saturated rings. The largest absolute Gasteiger partial charge is 0.494 e. The Kier molecular flexibility index (Phi) is 6.34. The molecule has 1 aliphatic rings. The van der Waals surface area contributed by atoms with Crippen molar-refractivity contribution in [3.8, 4) is 40.0 Å². The zero-order valence-electron chi connectivity index (χ0n) is 19.3. The second-order valence-corrected chi connectivity index (χ2v) is 8.29. The fourth-order valence-corrected chi connectivity index (χ4v) is 3.66. The topological polar surface area (TPSA) is 73.3 Å². The molecule has 6 nitrogen and oxygen atoms in total. The maximum atomic E-state index is 6.02. The van der Waals surface area contributed by atoms with E-state index in [1.807, 2.05) is 61.7 Å². The van der Waals surface area contributed by atoms with Gasteiger partial charge in [-0.05, 0) is 73.6 Å². The van der Waals surface area contributed by atoms with Gasteiger partial charge in [0.15, 0.2) is 5.76 Å². The third kappa shape index (κ3) is 4.83. The van der Waals surface area contributed by atoms with Crippen molar-refractivity contribution in [2.45, 2.75) is 26.7 Å². The number of aromatic nitrogens is 2. The second kappa shape index (κ2) is 9.87. The number of unbranched alkanes of at least 4 members (excludes halogenated alkanes) is 1. The Morgan fingerprint density at radius 1 is 0.882 bits per heavy atom. The van der Waals surface area contributed by atoms with Crippen molar-refractivity contribution < 1.29 is 13.6 Å². The molecule has 5 rings (SSSR count). The minimum atomic E-state index is -0.00747. The summed E-state index contributed by atoms with van der Waals surface area (Å²) in [5.74, 6) is 4.79. The molecule has 1 aliphatic heterocycles. The molecule has 2 aromatic heterocycles. The second-order valence-electron chi connectivity index (χ2n) is 8.29. The fourth-order valence-electron chi connectivity index (χ4n) is 3.66. The molecule has 170 valence electrons. The van der Waals surface area contributed by atoms with Crippen molar-refractivity contribution in [1.82, 2.24) is 15.2 Å². The van der Waals surface area contributed by atoms with Crippen LogP contribution in [0.5, 0.6) is 5.75 Å². The molecule has 0 saturated carbocycles. The summed E-state index contributed by atoms with van der Waals surface area (Å²) in [6.07, 6.45) is 9.72. The minimum absolute atomic E-state index is 0.00747. The normalized spacial score (nSPS) is 13.0. The van der Waals surface area contributed by atoms with Gasteiger partial charge < -0.3 is 18.8 Å². The summed E-state index contributed by atoms with van der Waals surface area (Å²) in [6, 6.07) is 15.8. The van der Waals surface area contributed by atoms with Crippen LogP contribution in [0, 0.1) is 0 Å². The summed E-state index contributed by atoms with van der Waals surface area (Å²) in [6.45, 7) is 4.92. The number of nitrogens with zero attached hydrogens (tertiary/aromatic N) is 2. The minimum Gasteiger partial charge on any atom is -0.494 e. The van der Waals surface area contributed by atoms with Gasteiger partial charge in [0, 0.05) is 16.7 Å². The van der Waals surface area contributed by atoms with E-state index in [9.17, 15) is 0 Å². The zero-order valence-corrected chi connectivity index (χ0v) is 19.3. The van der Waals surface area contributed by atoms with Gasteiger partial charge in [-0.25, -0.2) is 9.97 Å². The van der Waals surface area contributed by atoms with E-state index in [2.05, 4.69) is 34.2 Å². The highest BCUT2D eigenvalue weighted by atomic mass is 16.5. The zero-order chi connectivity index (χ0) is 23.3. The number of allylic oxidation sites excluding steroid dienone is 2. The van der Waals surface area contributed by atoms with Crippen molar-refractivity contribution >= 4 is 12.5 Å². The summed E-state index contributed by atoms with van der Waals surface area (Å²) >= 11 is 0. The lowest BCUT2D eigenvalue weighted by Gasteiger charge is -2.10. The predicted molar refractivity (Wildman–Crippen MR) is 135 cm³/mol. The van der Waals surface area contributed by atoms with E-state index in [0.717, 1.165) is 47.5 Å². The van der Waals surface area contributed by atoms with Gasteiger partial charge in [0.2, 0.25) is 11.8 Å². The van der Waals surface area contributed by atoms with Crippen LogP contribution in [0.4, 0.5) is 0 Å². The molecule has 0 spiro atoms. The monoisotopic (exact) mass is 451 g/mol. The van der Waals surface area contributed by atoms with E-state index in [4.69, 9.17) is 13.6 Å². The number of rotatable bonds is 8. The summed E-state index contributed by atoms with van der Waals surface area (Å²) in [5, 5.41) is 3.30. The summed E-state index contributed by atoms with van der Waals surface area (Å²) in [7, 11) is 0. The molecular weight excluding hydrogens is 425 g/mol. The standard InChI is InChI=1S/C27H26BN3O3/c1-3-4-15-32-23-11-9-20(10-12-23)24-17-29-26(33-24)21-5-7-22(8-6-21)27-30-18-25(34-27)28-14-13-19(2)16-31-28/h5-14,16-18,31H,3-4,15H2,1-2H3. The first-order chi connectivity index (χ1) is 16.7. The first-order valence-electron chi connectivity index (χ1n) is 11.6. The van der Waals surface area contributed by atoms with Crippen molar-refractivity contribution in [3.63, 3.8) is 0 Å². The molecule has 0 radical (unpaired) electrons. The van der Waals surface area contributed by atoms with Crippen LogP contribution in [0.1, 0.15) is 26.7 Å². The van der Waals surface area contributed by atoms with Crippen LogP contribution in [-0.4, -0.2) is 23.4 Å². The maximum Gasteiger partial charge on any atom is 0.357 e. The molecule has 0 bridgehead atoms. The molecule has 0 aliphatic carbocycles. The number of nitrogens with one attached hydrogen (secondary N) is 1. The third-order valence-corrected chi connectivity index (χ3v) is 5.66. The average molecular weight is 451 g/mol. The smallest absolute Gasteiger partial charge is 0.357 e. The molecule has 7 heteroatoms. The van der Waals surface area contributed by atoms with Gasteiger partial charge in [-0.3, -0.25) is 0 Å². The van der Waals surface area contributed by atoms with E-state index < -0.39 is 0 Å². The summed E-state index contributed by atoms with van der Waals surface area (Å²) < 4.78 is 17.7. The van der Waals surface area contributed by atoms with Crippen molar-refractivity contribution in [2.24, 2.45) is 0 Å². The molecule has 0 saturated heterocycles. The van der Waals surface area contributed by atoms with Crippen LogP contribution >= 0.6 is 0 Å². The lowest BCUT2D eigenvalue weighted by atomic mass is 9.59. The molecule has 0 amide bonds. The van der Waals surface area contributed by atoms with Gasteiger partial charge >= 0.3 is 6.85 Å². The van der Waals surface area contributed by atoms with Crippen LogP contribution < -0.4 is 15.6 Å². The Bertz CT molecular complexity index is 1300. The molecule has 2 aromatic carbocycles. The highest BCUT2D eigenvalue weighted by Crippen LogP contribution is 2.29. The highest BCUT2D eigenvalue weighted by Gasteiger charge is 2.20. The van der Waals surface area contributed by atoms with Crippen LogP contribution in [0.2, 0.25) is 0 Å². The van der Waals surface area contributed by atoms with E-state index in [0.29, 0.717) is 17.5 Å². The lowest BCUT2D eigenvalue weighted by Crippen LogP contribution is -2.41. The maximum absolute atomic E-state index is 6.02. The quantitative estimate of drug-likeness (QED) is 0.276. The SMILES string of the molecule is CCCCOc1ccc(-c2cnc(-c3ccc(-c4ncc(B5C=CC(C)=CN5)o4)cc3)o2)cc1. The molecule has 0 unspecified atom stereocenters. The lowest BCUT2D eigenvalue weighted by molar-refractivity contribution is 0.309. The molecule has 3 heterocycles. The van der Waals surface area contributed by atoms with Gasteiger partial charge in [-0.15, -0.1) is 0 Å². The number of benzene rings is 2. The molecule has 4 aromatic rings. The van der Waals surface area contributed by atoms with E-state index in [-0.39, 0.29) is 6.85 Å². The summed E-state index contributed by atoms with van der Waals surface area (Å²) in [4.78, 5) is 8.91. The Balaban J connectivity index is 1.26. The Hall–Kier alpha value is -4.00. The molecule has 1 N–H and O–H groups in total. The Labute approximate surface area is 199 Å². The van der Waals surface area contributed by atoms with Crippen LogP contribution in [0.25, 0.3) is 34.2 Å². The first kappa shape index (κ1) is 21.8. The van der Waals surface area contributed by atoms with E-state index in [1.54, 1.807) is 12.4 Å². The van der Waals surface area contributed by atoms with Gasteiger partial charge in [-0.1, -0.05) is 25.4 Å². The van der Waals surface area contributed by atoms with Crippen molar-refractivity contribution in [1.29, 1.82) is 0 Å². The van der Waals surface area contributed by atoms with E-state index >= 15 is 0 Å². The third-order valence-electron chi connectivity index (χ3n) is 5.66. The molecule has 34 heavy (non-hydrogen) atoms. The van der Waals surface area contributed by atoms with Crippen molar-refractivity contribution in [3.05, 3.63) is 84.7 Å². The number of hydrogen-bond acceptors (Lipinski definition) is 6. The Morgan fingerprint density at radius 3 is 2.24 bits per heavy atom. The van der Waals surface area contributed by atoms with Crippen molar-refractivity contribution in [2.75, 3.05) is 6.61 Å². The number of oxazole rings is 2. The first-order valence-corrected chi connectivity index (χ1v) is 11.6. The summed E-state index contributed by atoms with van der Waals surface area (Å²) in [5.41, 5.74) is 4.69. The number of hydrogen-bond donors (Lipinski definition) is 1. The predicted octanol–water partition coefficient (Wildman–Crippen LogP) is 5.64. The van der Waals surface area contributed by atoms with Gasteiger partial charge in [0.1, 0.15) is 11.4 Å². The Morgan fingerprint density at radius 2 is 1.56 bits per heavy atom. The van der Waals surface area contributed by atoms with Crippen LogP contribution in [-0.2, 0) is 0 Å². The average Bonchev–Trinajstić information content (AvgIpc) is 3.56. The molecule has 0 atom stereocenters. The van der Waals surface area contributed by atoms with E-state index in [1.165, 1.54) is 5.57 Å². The van der Waals surface area contributed by atoms with Crippen LogP contribution in [0.3, 0.4) is 0 Å². The fraction of sp³-hybridized carbons (Fsp3) is 0.185. The van der Waals surface area contributed by atoms with Gasteiger partial charge in [0.05, 0.1) is 19.0 Å². The highest BCUT2D eigenvalue weighted by molar-refractivity contribution is 6.74. The van der Waals surface area contributed by atoms with Gasteiger partial charge in [-0.2, -0.15) is 0 Å². The number of ether oxygens (including phenoxy) is 1. The van der Waals surface area contributed by atoms with Crippen LogP contribution in [0.15, 0.2) is 93.6 Å². The molecular formula is C27H26BN3O3.